The van der Waals surface area contributed by atoms with Gasteiger partial charge in [0.1, 0.15) is 0 Å². The van der Waals surface area contributed by atoms with Crippen LogP contribution in [0.1, 0.15) is 25.8 Å². The Bertz CT molecular complexity index is 458. The Morgan fingerprint density at radius 1 is 1.09 bits per heavy atom. The van der Waals surface area contributed by atoms with Gasteiger partial charge in [-0.05, 0) is 26.5 Å². The summed E-state index contributed by atoms with van der Waals surface area (Å²) in [7, 11) is 1.91. The van der Waals surface area contributed by atoms with E-state index in [2.05, 4.69) is 5.32 Å². The van der Waals surface area contributed by atoms with Crippen molar-refractivity contribution in [1.29, 1.82) is 0 Å². The van der Waals surface area contributed by atoms with E-state index >= 15 is 0 Å². The lowest BCUT2D eigenvalue weighted by Gasteiger charge is -2.19. The van der Waals surface area contributed by atoms with Crippen LogP contribution in [0.2, 0.25) is 0 Å². The second-order valence-electron chi connectivity index (χ2n) is 5.32. The molecule has 0 aliphatic heterocycles. The highest BCUT2D eigenvalue weighted by molar-refractivity contribution is 5.80. The van der Waals surface area contributed by atoms with E-state index < -0.39 is 0 Å². The molecule has 0 saturated heterocycles. The minimum atomic E-state index is -0.0502. The highest BCUT2D eigenvalue weighted by Gasteiger charge is 2.11. The maximum absolute atomic E-state index is 11.9. The summed E-state index contributed by atoms with van der Waals surface area (Å²) < 4.78 is 0. The molecule has 0 unspecified atom stereocenters. The molecule has 1 aromatic carbocycles. The van der Waals surface area contributed by atoms with E-state index in [0.717, 1.165) is 6.54 Å². The largest absolute Gasteiger partial charge is 0.354 e. The molecule has 1 rings (SSSR count). The Morgan fingerprint density at radius 3 is 2.32 bits per heavy atom. The first kappa shape index (κ1) is 18.2. The fourth-order valence-corrected chi connectivity index (χ4v) is 2.30. The van der Waals surface area contributed by atoms with Gasteiger partial charge in [-0.25, -0.2) is 0 Å². The van der Waals surface area contributed by atoms with E-state index in [-0.39, 0.29) is 11.8 Å². The molecule has 0 aliphatic rings. The standard InChI is InChI=1S/C17H27N3O2/c1-4-20(5-2)17(22)11-12-18-16(21)14-19(3)13-15-9-7-6-8-10-15/h6-10H,4-5,11-14H2,1-3H3,(H,18,21). The van der Waals surface area contributed by atoms with E-state index in [1.165, 1.54) is 5.56 Å². The predicted molar refractivity (Wildman–Crippen MR) is 88.3 cm³/mol. The third-order valence-electron chi connectivity index (χ3n) is 3.49. The molecule has 0 saturated carbocycles. The van der Waals surface area contributed by atoms with Gasteiger partial charge in [-0.15, -0.1) is 0 Å². The molecular formula is C17H27N3O2. The summed E-state index contributed by atoms with van der Waals surface area (Å²) >= 11 is 0. The number of nitrogens with one attached hydrogen (secondary N) is 1. The van der Waals surface area contributed by atoms with Crippen molar-refractivity contribution in [3.05, 3.63) is 35.9 Å². The minimum Gasteiger partial charge on any atom is -0.354 e. The molecule has 0 spiro atoms. The zero-order valence-electron chi connectivity index (χ0n) is 13.8. The van der Waals surface area contributed by atoms with Gasteiger partial charge in [0.05, 0.1) is 6.54 Å². The monoisotopic (exact) mass is 305 g/mol. The summed E-state index contributed by atoms with van der Waals surface area (Å²) in [6, 6.07) is 10.0. The molecule has 5 nitrogen and oxygen atoms in total. The van der Waals surface area contributed by atoms with Crippen molar-refractivity contribution >= 4 is 11.8 Å². The maximum Gasteiger partial charge on any atom is 0.234 e. The Morgan fingerprint density at radius 2 is 1.73 bits per heavy atom. The number of hydrogen-bond acceptors (Lipinski definition) is 3. The zero-order valence-corrected chi connectivity index (χ0v) is 13.8. The van der Waals surface area contributed by atoms with Gasteiger partial charge in [0.25, 0.3) is 0 Å². The molecule has 0 radical (unpaired) electrons. The number of nitrogens with zero attached hydrogens (tertiary/aromatic N) is 2. The molecule has 1 N–H and O–H groups in total. The molecule has 2 amide bonds. The highest BCUT2D eigenvalue weighted by atomic mass is 16.2. The number of likely N-dealkylation sites (N-methyl/N-ethyl adjacent to an activating group) is 1. The minimum absolute atomic E-state index is 0.0502. The Labute approximate surface area is 133 Å². The third-order valence-corrected chi connectivity index (χ3v) is 3.49. The van der Waals surface area contributed by atoms with Gasteiger partial charge >= 0.3 is 0 Å². The molecule has 1 aromatic rings. The molecule has 5 heteroatoms. The third kappa shape index (κ3) is 6.72. The first-order valence-corrected chi connectivity index (χ1v) is 7.83. The molecule has 0 fully saturated rings. The van der Waals surface area contributed by atoms with Crippen LogP contribution < -0.4 is 5.32 Å². The van der Waals surface area contributed by atoms with Crippen LogP contribution in [0.4, 0.5) is 0 Å². The SMILES string of the molecule is CCN(CC)C(=O)CCNC(=O)CN(C)Cc1ccccc1. The smallest absolute Gasteiger partial charge is 0.234 e. The normalized spacial score (nSPS) is 10.5. The summed E-state index contributed by atoms with van der Waals surface area (Å²) in [5.74, 6) is 0.0359. The number of carbonyl (C=O) groups excluding carboxylic acids is 2. The van der Waals surface area contributed by atoms with Crippen LogP contribution in [0.3, 0.4) is 0 Å². The number of amides is 2. The molecule has 0 aliphatic carbocycles. The summed E-state index contributed by atoms with van der Waals surface area (Å²) in [6.45, 7) is 6.79. The van der Waals surface area contributed by atoms with Crippen LogP contribution in [0, 0.1) is 0 Å². The number of carbonyl (C=O) groups is 2. The van der Waals surface area contributed by atoms with Crippen LogP contribution in [0.15, 0.2) is 30.3 Å². The summed E-state index contributed by atoms with van der Waals surface area (Å²) in [6.07, 6.45) is 0.357. The molecule has 0 bridgehead atoms. The molecule has 0 heterocycles. The number of benzene rings is 1. The van der Waals surface area contributed by atoms with Crippen LogP contribution in [-0.2, 0) is 16.1 Å². The lowest BCUT2D eigenvalue weighted by molar-refractivity contribution is -0.130. The van der Waals surface area contributed by atoms with E-state index in [1.54, 1.807) is 4.90 Å². The van der Waals surface area contributed by atoms with Gasteiger partial charge in [0.2, 0.25) is 11.8 Å². The van der Waals surface area contributed by atoms with Crippen molar-refractivity contribution in [3.8, 4) is 0 Å². The van der Waals surface area contributed by atoms with E-state index in [0.29, 0.717) is 32.6 Å². The van der Waals surface area contributed by atoms with Crippen molar-refractivity contribution < 1.29 is 9.59 Å². The number of hydrogen-bond donors (Lipinski definition) is 1. The predicted octanol–water partition coefficient (Wildman–Crippen LogP) is 1.49. The van der Waals surface area contributed by atoms with E-state index in [9.17, 15) is 9.59 Å². The Kier molecular flexibility index (Phi) is 8.22. The highest BCUT2D eigenvalue weighted by Crippen LogP contribution is 2.01. The molecular weight excluding hydrogens is 278 g/mol. The van der Waals surface area contributed by atoms with Crippen molar-refractivity contribution in [2.24, 2.45) is 0 Å². The average molecular weight is 305 g/mol. The van der Waals surface area contributed by atoms with Crippen molar-refractivity contribution in [1.82, 2.24) is 15.1 Å². The van der Waals surface area contributed by atoms with Gasteiger partial charge in [0.15, 0.2) is 0 Å². The van der Waals surface area contributed by atoms with Gasteiger partial charge in [-0.1, -0.05) is 30.3 Å². The Hall–Kier alpha value is -1.88. The van der Waals surface area contributed by atoms with Gasteiger partial charge in [-0.3, -0.25) is 14.5 Å². The topological polar surface area (TPSA) is 52.7 Å². The summed E-state index contributed by atoms with van der Waals surface area (Å²) in [4.78, 5) is 27.4. The van der Waals surface area contributed by atoms with E-state index in [1.807, 2.05) is 56.1 Å². The van der Waals surface area contributed by atoms with Gasteiger partial charge < -0.3 is 10.2 Å². The van der Waals surface area contributed by atoms with E-state index in [4.69, 9.17) is 0 Å². The fourth-order valence-electron chi connectivity index (χ4n) is 2.30. The first-order valence-electron chi connectivity index (χ1n) is 7.83. The molecule has 122 valence electrons. The summed E-state index contributed by atoms with van der Waals surface area (Å²) in [5.41, 5.74) is 1.18. The van der Waals surface area contributed by atoms with Crippen LogP contribution in [0.25, 0.3) is 0 Å². The molecule has 0 aromatic heterocycles. The first-order chi connectivity index (χ1) is 10.6. The van der Waals surface area contributed by atoms with Gasteiger partial charge in [0, 0.05) is 32.6 Å². The van der Waals surface area contributed by atoms with Crippen molar-refractivity contribution in [3.63, 3.8) is 0 Å². The van der Waals surface area contributed by atoms with Crippen molar-refractivity contribution in [2.45, 2.75) is 26.8 Å². The van der Waals surface area contributed by atoms with Crippen LogP contribution >= 0.6 is 0 Å². The van der Waals surface area contributed by atoms with Crippen molar-refractivity contribution in [2.75, 3.05) is 33.2 Å². The molecule has 0 atom stereocenters. The quantitative estimate of drug-likeness (QED) is 0.752. The fraction of sp³-hybridized carbons (Fsp3) is 0.529. The Balaban J connectivity index is 2.24. The zero-order chi connectivity index (χ0) is 16.4. The molecule has 22 heavy (non-hydrogen) atoms. The lowest BCUT2D eigenvalue weighted by atomic mass is 10.2. The lowest BCUT2D eigenvalue weighted by Crippen LogP contribution is -2.38. The average Bonchev–Trinajstić information content (AvgIpc) is 2.49. The maximum atomic E-state index is 11.9. The van der Waals surface area contributed by atoms with Gasteiger partial charge in [-0.2, -0.15) is 0 Å². The summed E-state index contributed by atoms with van der Waals surface area (Å²) in [5, 5.41) is 2.81. The second-order valence-corrected chi connectivity index (χ2v) is 5.32. The van der Waals surface area contributed by atoms with Crippen LogP contribution in [-0.4, -0.2) is 54.8 Å². The van der Waals surface area contributed by atoms with Crippen LogP contribution in [0.5, 0.6) is 0 Å². The second kappa shape index (κ2) is 9.95. The number of rotatable bonds is 9.